The van der Waals surface area contributed by atoms with Crippen molar-refractivity contribution >= 4 is 0 Å². The Hall–Kier alpha value is 4.85. The molecule has 0 aromatic rings. The summed E-state index contributed by atoms with van der Waals surface area (Å²) in [5.74, 6) is 0. The molecule has 9 nitrogen and oxygen atoms in total. The van der Waals surface area contributed by atoms with Crippen molar-refractivity contribution in [1.82, 2.24) is 0 Å². The summed E-state index contributed by atoms with van der Waals surface area (Å²) in [5.41, 5.74) is 0. The van der Waals surface area contributed by atoms with Gasteiger partial charge in [-0.3, -0.25) is 0 Å². The number of hydrogen-bond acceptors (Lipinski definition) is 9. The molecule has 0 saturated carbocycles. The molecule has 0 aromatic carbocycles. The summed E-state index contributed by atoms with van der Waals surface area (Å²) >= 11 is -12.9. The van der Waals surface area contributed by atoms with Crippen LogP contribution >= 0.6 is 0 Å². The normalized spacial score (nSPS) is 5.57. The maximum Gasteiger partial charge on any atom is 3.00 e. The molecule has 94 valence electrons. The predicted molar refractivity (Wildman–Crippen MR) is 2.06 cm³/mol. The molecule has 0 aromatic heterocycles. The standard InChI is InChI=1S/9O.2Yb.3Zr/q;;;6*-1;2*+3;;;. The van der Waals surface area contributed by atoms with Gasteiger partial charge >= 0.3 is 189 Å². The van der Waals surface area contributed by atoms with Gasteiger partial charge in [0.1, 0.15) is 0 Å². The molecule has 0 N–H and O–H groups in total. The van der Waals surface area contributed by atoms with Gasteiger partial charge < -0.3 is 0 Å². The van der Waals surface area contributed by atoms with Gasteiger partial charge in [-0.25, -0.2) is 0 Å². The van der Waals surface area contributed by atoms with Crippen LogP contribution in [0.5, 0.6) is 0 Å². The Bertz CT molecular complexity index is 116. The van der Waals surface area contributed by atoms with E-state index in [-0.39, 0.29) is 93.8 Å². The van der Waals surface area contributed by atoms with E-state index in [1.165, 1.54) is 0 Å². The van der Waals surface area contributed by atoms with Crippen LogP contribution in [0.1, 0.15) is 0 Å². The van der Waals surface area contributed by atoms with Gasteiger partial charge in [0, 0.05) is 0 Å². The summed E-state index contributed by atoms with van der Waals surface area (Å²) in [6.45, 7) is 0. The molecule has 2 radical (unpaired) electrons. The Kier molecular flexibility index (Phi) is 59.1. The van der Waals surface area contributed by atoms with E-state index < -0.39 is 67.9 Å². The van der Waals surface area contributed by atoms with E-state index in [0.717, 1.165) is 0 Å². The maximum atomic E-state index is 8.61. The Morgan fingerprint density at radius 2 is 0.500 bits per heavy atom. The third kappa shape index (κ3) is 180. The van der Waals surface area contributed by atoms with Crippen LogP contribution < -0.4 is 19.1 Å². The van der Waals surface area contributed by atoms with Gasteiger partial charge in [0.2, 0.25) is 0 Å². The smallest absolute Gasteiger partial charge is 3.00 e. The molecule has 14 heavy (non-hydrogen) atoms. The Morgan fingerprint density at radius 3 is 0.500 bits per heavy atom. The topological polar surface area (TPSA) is 190 Å². The maximum absolute atomic E-state index is 8.61. The molecule has 0 saturated heterocycles. The van der Waals surface area contributed by atoms with E-state index in [9.17, 15) is 0 Å². The van der Waals surface area contributed by atoms with Crippen LogP contribution in [0.2, 0.25) is 0 Å². The monoisotopic (exact) mass is 762 g/mol. The van der Waals surface area contributed by atoms with Gasteiger partial charge in [-0.05, 0) is 0 Å². The van der Waals surface area contributed by atoms with Crippen LogP contribution in [0.15, 0.2) is 0 Å². The van der Waals surface area contributed by atoms with Crippen molar-refractivity contribution in [3.8, 4) is 0 Å². The average Bonchev–Trinajstić information content (AvgIpc) is 1.54. The summed E-state index contributed by atoms with van der Waals surface area (Å²) in [6.07, 6.45) is 0. The summed E-state index contributed by atoms with van der Waals surface area (Å²) < 4.78 is 77.5. The SMILES string of the molecule is [O]=[Zr]([O-])[O-].[O]=[Zr]([O-])[O-].[O]=[Zr]([O-])[O-].[Yb+3].[Yb+3]. The fraction of sp³-hybridized carbons (Fsp3) is 0. The van der Waals surface area contributed by atoms with E-state index in [2.05, 4.69) is 0 Å². The molecule has 0 amide bonds. The molecular weight excluding hydrogens is 764 g/mol. The fourth-order valence-electron chi connectivity index (χ4n) is 0. The minimum absolute atomic E-state index is 0. The zero-order valence-corrected chi connectivity index (χ0v) is 16.5. The van der Waals surface area contributed by atoms with Crippen LogP contribution in [0.3, 0.4) is 0 Å². The van der Waals surface area contributed by atoms with Crippen LogP contribution in [-0.2, 0) is 76.3 Å². The molecule has 0 bridgehead atoms. The van der Waals surface area contributed by atoms with Gasteiger partial charge in [-0.2, -0.15) is 0 Å². The van der Waals surface area contributed by atoms with E-state index in [1.54, 1.807) is 0 Å². The Labute approximate surface area is 183 Å². The van der Waals surface area contributed by atoms with Gasteiger partial charge in [-0.1, -0.05) is 0 Å². The minimum Gasteiger partial charge on any atom is 3.00 e. The van der Waals surface area contributed by atoms with Gasteiger partial charge in [0.25, 0.3) is 0 Å². The summed E-state index contributed by atoms with van der Waals surface area (Å²) in [7, 11) is 0. The Balaban J connectivity index is -0.0000000270. The van der Waals surface area contributed by atoms with Crippen LogP contribution in [-0.4, -0.2) is 0 Å². The first-order valence-electron chi connectivity index (χ1n) is 1.84. The minimum atomic E-state index is -4.29. The molecule has 0 aliphatic heterocycles. The largest absolute Gasteiger partial charge is 3.00 e. The third-order valence-electron chi connectivity index (χ3n) is 0. The van der Waals surface area contributed by atoms with Crippen LogP contribution in [0.4, 0.5) is 0 Å². The summed E-state index contributed by atoms with van der Waals surface area (Å²) in [5, 5.41) is 0. The fourth-order valence-corrected chi connectivity index (χ4v) is 0. The van der Waals surface area contributed by atoms with Crippen molar-refractivity contribution < 1.29 is 189 Å². The van der Waals surface area contributed by atoms with Crippen LogP contribution in [0.25, 0.3) is 0 Å². The molecule has 0 fully saturated rings. The second-order valence-electron chi connectivity index (χ2n) is 0.750. The second kappa shape index (κ2) is 26.4. The van der Waals surface area contributed by atoms with Crippen molar-refractivity contribution in [3.05, 3.63) is 0 Å². The van der Waals surface area contributed by atoms with E-state index in [1.807, 2.05) is 0 Å². The molecule has 0 rings (SSSR count). The first kappa shape index (κ1) is 31.3. The summed E-state index contributed by atoms with van der Waals surface area (Å²) in [4.78, 5) is 0. The van der Waals surface area contributed by atoms with Gasteiger partial charge in [0.05, 0.1) is 0 Å². The number of hydrogen-bond donors (Lipinski definition) is 0. The molecule has 0 spiro atoms. The molecule has 14 heteroatoms. The van der Waals surface area contributed by atoms with Crippen molar-refractivity contribution in [2.45, 2.75) is 0 Å². The zero-order valence-electron chi connectivity index (χ0n) is 5.71. The zero-order chi connectivity index (χ0) is 10.7. The van der Waals surface area contributed by atoms with E-state index in [4.69, 9.17) is 27.5 Å². The first-order chi connectivity index (χ1) is 5.20. The molecule has 0 unspecified atom stereocenters. The van der Waals surface area contributed by atoms with Crippen LogP contribution in [0, 0.1) is 93.8 Å². The van der Waals surface area contributed by atoms with E-state index in [0.29, 0.717) is 0 Å². The van der Waals surface area contributed by atoms with E-state index >= 15 is 0 Å². The third-order valence-corrected chi connectivity index (χ3v) is 0. The second-order valence-corrected chi connectivity index (χ2v) is 4.44. The molecular formula is O9Yb2Zr3. The van der Waals surface area contributed by atoms with Crippen molar-refractivity contribution in [2.75, 3.05) is 0 Å². The first-order valence-corrected chi connectivity index (χ1v) is 10.9. The predicted octanol–water partition coefficient (Wildman–Crippen LogP) is -7.50. The molecule has 0 heterocycles. The van der Waals surface area contributed by atoms with Gasteiger partial charge in [-0.15, -0.1) is 0 Å². The molecule has 0 aliphatic carbocycles. The average molecular weight is 764 g/mol. The van der Waals surface area contributed by atoms with Crippen molar-refractivity contribution in [3.63, 3.8) is 0 Å². The Morgan fingerprint density at radius 1 is 0.500 bits per heavy atom. The summed E-state index contributed by atoms with van der Waals surface area (Å²) in [6, 6.07) is 0. The molecule has 0 atom stereocenters. The van der Waals surface area contributed by atoms with Crippen molar-refractivity contribution in [2.24, 2.45) is 0 Å². The molecule has 0 aliphatic rings. The number of rotatable bonds is 0. The van der Waals surface area contributed by atoms with Gasteiger partial charge in [0.15, 0.2) is 0 Å². The quantitative estimate of drug-likeness (QED) is 0.231. The van der Waals surface area contributed by atoms with Crippen molar-refractivity contribution in [1.29, 1.82) is 0 Å².